The van der Waals surface area contributed by atoms with Gasteiger partial charge in [-0.3, -0.25) is 9.69 Å². The van der Waals surface area contributed by atoms with Gasteiger partial charge in [-0.25, -0.2) is 0 Å². The van der Waals surface area contributed by atoms with E-state index in [0.29, 0.717) is 44.8 Å². The van der Waals surface area contributed by atoms with E-state index in [0.717, 1.165) is 48.7 Å². The van der Waals surface area contributed by atoms with Crippen LogP contribution in [0.15, 0.2) is 36.4 Å². The summed E-state index contributed by atoms with van der Waals surface area (Å²) < 4.78 is 12.2. The zero-order chi connectivity index (χ0) is 26.7. The number of aromatic hydroxyl groups is 1. The van der Waals surface area contributed by atoms with Crippen LogP contribution in [0.2, 0.25) is 5.02 Å². The second kappa shape index (κ2) is 11.7. The van der Waals surface area contributed by atoms with Gasteiger partial charge in [0.05, 0.1) is 12.2 Å². The average Bonchev–Trinajstić information content (AvgIpc) is 3.26. The van der Waals surface area contributed by atoms with Crippen molar-refractivity contribution in [3.63, 3.8) is 0 Å². The first-order valence-corrected chi connectivity index (χ1v) is 13.7. The van der Waals surface area contributed by atoms with Gasteiger partial charge in [0, 0.05) is 82.7 Å². The molecule has 1 spiro atoms. The van der Waals surface area contributed by atoms with Gasteiger partial charge in [-0.05, 0) is 35.9 Å². The summed E-state index contributed by atoms with van der Waals surface area (Å²) in [5, 5.41) is 30.6. The fourth-order valence-corrected chi connectivity index (χ4v) is 5.85. The Balaban J connectivity index is 1.12. The summed E-state index contributed by atoms with van der Waals surface area (Å²) in [5.74, 6) is 1.01. The minimum atomic E-state index is -0.753. The Morgan fingerprint density at radius 3 is 2.55 bits per heavy atom. The Hall–Kier alpha value is -2.56. The SMILES string of the molecule is O=C(c1ccc(O)cc1OC[C@@H](O)CN1CCC2(CC1)Cc1cc(Cl)ccc1O2)N1CCN(CCO)CC1. The fourth-order valence-electron chi connectivity index (χ4n) is 5.65. The largest absolute Gasteiger partial charge is 0.508 e. The molecule has 3 N–H and O–H groups in total. The number of amides is 1. The molecule has 0 bridgehead atoms. The first kappa shape index (κ1) is 27.0. The van der Waals surface area contributed by atoms with Crippen molar-refractivity contribution in [2.75, 3.05) is 65.6 Å². The van der Waals surface area contributed by atoms with Crippen LogP contribution < -0.4 is 9.47 Å². The van der Waals surface area contributed by atoms with Crippen LogP contribution in [0.4, 0.5) is 0 Å². The molecule has 3 aliphatic heterocycles. The number of likely N-dealkylation sites (tertiary alicyclic amines) is 1. The molecule has 1 atom stereocenters. The zero-order valence-electron chi connectivity index (χ0n) is 21.5. The predicted molar refractivity (Wildman–Crippen MR) is 143 cm³/mol. The Morgan fingerprint density at radius 1 is 1.05 bits per heavy atom. The number of hydrogen-bond donors (Lipinski definition) is 3. The van der Waals surface area contributed by atoms with E-state index in [-0.39, 0.29) is 36.2 Å². The lowest BCUT2D eigenvalue weighted by molar-refractivity contribution is -0.00203. The molecule has 2 fully saturated rings. The third-order valence-electron chi connectivity index (χ3n) is 7.80. The summed E-state index contributed by atoms with van der Waals surface area (Å²) in [4.78, 5) is 19.3. The molecule has 1 amide bonds. The van der Waals surface area contributed by atoms with Crippen LogP contribution in [0.1, 0.15) is 28.8 Å². The highest BCUT2D eigenvalue weighted by Crippen LogP contribution is 2.42. The van der Waals surface area contributed by atoms with Crippen LogP contribution in [0.5, 0.6) is 17.2 Å². The van der Waals surface area contributed by atoms with E-state index in [1.165, 1.54) is 12.1 Å². The highest BCUT2D eigenvalue weighted by atomic mass is 35.5. The zero-order valence-corrected chi connectivity index (χ0v) is 22.3. The molecular formula is C28H36ClN3O6. The van der Waals surface area contributed by atoms with Gasteiger partial charge in [-0.1, -0.05) is 11.6 Å². The minimum Gasteiger partial charge on any atom is -0.508 e. The van der Waals surface area contributed by atoms with Gasteiger partial charge in [0.25, 0.3) is 5.91 Å². The van der Waals surface area contributed by atoms with Crippen molar-refractivity contribution in [3.8, 4) is 17.2 Å². The lowest BCUT2D eigenvalue weighted by Crippen LogP contribution is -2.49. The van der Waals surface area contributed by atoms with Crippen molar-refractivity contribution >= 4 is 17.5 Å². The Morgan fingerprint density at radius 2 is 1.82 bits per heavy atom. The first-order valence-electron chi connectivity index (χ1n) is 13.3. The minimum absolute atomic E-state index is 0.000944. The number of ether oxygens (including phenoxy) is 2. The molecule has 3 heterocycles. The second-order valence-electron chi connectivity index (χ2n) is 10.5. The van der Waals surface area contributed by atoms with Gasteiger partial charge in [-0.15, -0.1) is 0 Å². The van der Waals surface area contributed by atoms with Crippen molar-refractivity contribution in [3.05, 3.63) is 52.5 Å². The average molecular weight is 546 g/mol. The molecule has 0 radical (unpaired) electrons. The summed E-state index contributed by atoms with van der Waals surface area (Å²) in [6, 6.07) is 10.2. The van der Waals surface area contributed by atoms with E-state index in [4.69, 9.17) is 26.2 Å². The molecule has 9 nitrogen and oxygen atoms in total. The fraction of sp³-hybridized carbons (Fsp3) is 0.536. The second-order valence-corrected chi connectivity index (χ2v) is 11.0. The van der Waals surface area contributed by atoms with Crippen molar-refractivity contribution in [2.45, 2.75) is 31.0 Å². The molecule has 10 heteroatoms. The quantitative estimate of drug-likeness (QED) is 0.463. The number of piperidine rings is 1. The highest BCUT2D eigenvalue weighted by molar-refractivity contribution is 6.30. The van der Waals surface area contributed by atoms with E-state index < -0.39 is 6.10 Å². The van der Waals surface area contributed by atoms with Crippen LogP contribution >= 0.6 is 11.6 Å². The van der Waals surface area contributed by atoms with Gasteiger partial charge in [0.1, 0.15) is 35.6 Å². The number of carbonyl (C=O) groups is 1. The van der Waals surface area contributed by atoms with E-state index in [1.807, 2.05) is 18.2 Å². The van der Waals surface area contributed by atoms with E-state index in [1.54, 1.807) is 11.0 Å². The van der Waals surface area contributed by atoms with Gasteiger partial charge in [-0.2, -0.15) is 0 Å². The summed E-state index contributed by atoms with van der Waals surface area (Å²) >= 11 is 6.15. The summed E-state index contributed by atoms with van der Waals surface area (Å²) in [5.41, 5.74) is 1.32. The number of carbonyl (C=O) groups excluding carboxylic acids is 1. The van der Waals surface area contributed by atoms with Gasteiger partial charge >= 0.3 is 0 Å². The number of aliphatic hydroxyl groups is 2. The topological polar surface area (TPSA) is 106 Å². The molecule has 2 aromatic carbocycles. The molecule has 0 saturated carbocycles. The number of halogens is 1. The number of rotatable bonds is 8. The lowest BCUT2D eigenvalue weighted by Gasteiger charge is -2.39. The number of phenolic OH excluding ortho intramolecular Hbond substituents is 1. The molecular weight excluding hydrogens is 510 g/mol. The van der Waals surface area contributed by atoms with Crippen molar-refractivity contribution in [1.29, 1.82) is 0 Å². The monoisotopic (exact) mass is 545 g/mol. The smallest absolute Gasteiger partial charge is 0.257 e. The number of hydrogen-bond acceptors (Lipinski definition) is 8. The maximum absolute atomic E-state index is 13.2. The van der Waals surface area contributed by atoms with Gasteiger partial charge in [0.2, 0.25) is 0 Å². The summed E-state index contributed by atoms with van der Waals surface area (Å²) in [7, 11) is 0. The Labute approximate surface area is 228 Å². The lowest BCUT2D eigenvalue weighted by atomic mass is 9.87. The molecule has 2 saturated heterocycles. The molecule has 0 aliphatic carbocycles. The van der Waals surface area contributed by atoms with Gasteiger partial charge in [0.15, 0.2) is 0 Å². The number of fused-ring (bicyclic) bond motifs is 1. The molecule has 2 aromatic rings. The molecule has 3 aliphatic rings. The predicted octanol–water partition coefficient (Wildman–Crippen LogP) is 2.01. The van der Waals surface area contributed by atoms with E-state index in [9.17, 15) is 15.0 Å². The van der Waals surface area contributed by atoms with Crippen molar-refractivity contribution in [2.24, 2.45) is 0 Å². The van der Waals surface area contributed by atoms with Crippen LogP contribution in [0, 0.1) is 0 Å². The molecule has 206 valence electrons. The Bertz CT molecular complexity index is 1130. The molecule has 0 aromatic heterocycles. The molecule has 38 heavy (non-hydrogen) atoms. The maximum Gasteiger partial charge on any atom is 0.257 e. The number of nitrogens with zero attached hydrogens (tertiary/aromatic N) is 3. The van der Waals surface area contributed by atoms with Crippen LogP contribution in [-0.4, -0.2) is 113 Å². The normalized spacial score (nSPS) is 20.2. The van der Waals surface area contributed by atoms with E-state index in [2.05, 4.69) is 9.80 Å². The Kier molecular flexibility index (Phi) is 8.30. The number of phenols is 1. The standard InChI is InChI=1S/C28H36ClN3O6/c29-21-1-4-25-20(15-21)17-28(38-25)5-7-31(8-6-28)18-23(35)19-37-26-16-22(34)2-3-24(26)27(36)32-11-9-30(10-12-32)13-14-33/h1-4,15-16,23,33-35H,5-14,17-19H2/t23-/m0/s1. The van der Waals surface area contributed by atoms with Crippen LogP contribution in [-0.2, 0) is 6.42 Å². The third kappa shape index (κ3) is 6.18. The van der Waals surface area contributed by atoms with Gasteiger partial charge < -0.3 is 34.6 Å². The first-order chi connectivity index (χ1) is 18.3. The van der Waals surface area contributed by atoms with Crippen molar-refractivity contribution in [1.82, 2.24) is 14.7 Å². The number of benzene rings is 2. The highest BCUT2D eigenvalue weighted by Gasteiger charge is 2.42. The summed E-state index contributed by atoms with van der Waals surface area (Å²) in [6.45, 7) is 5.26. The number of aliphatic hydroxyl groups excluding tert-OH is 2. The molecule has 0 unspecified atom stereocenters. The number of β-amino-alcohol motifs (C(OH)–C–C–N with tert-alkyl or cyclic N) is 2. The number of piperazine rings is 1. The van der Waals surface area contributed by atoms with Crippen molar-refractivity contribution < 1.29 is 29.6 Å². The molecule has 5 rings (SSSR count). The van der Waals surface area contributed by atoms with E-state index >= 15 is 0 Å². The third-order valence-corrected chi connectivity index (χ3v) is 8.04. The maximum atomic E-state index is 13.2. The van der Waals surface area contributed by atoms with Crippen LogP contribution in [0.3, 0.4) is 0 Å². The summed E-state index contributed by atoms with van der Waals surface area (Å²) in [6.07, 6.45) is 1.83. The van der Waals surface area contributed by atoms with Crippen LogP contribution in [0.25, 0.3) is 0 Å².